The largest absolute Gasteiger partial charge is 0.324 e. The van der Waals surface area contributed by atoms with Gasteiger partial charge in [-0.15, -0.1) is 12.4 Å². The Kier molecular flexibility index (Phi) is 7.11. The van der Waals surface area contributed by atoms with E-state index in [1.165, 1.54) is 23.5 Å². The molecule has 0 saturated carbocycles. The molecule has 7 nitrogen and oxygen atoms in total. The molecular weight excluding hydrogens is 420 g/mol. The van der Waals surface area contributed by atoms with Crippen molar-refractivity contribution in [3.63, 3.8) is 0 Å². The van der Waals surface area contributed by atoms with Crippen LogP contribution in [0.15, 0.2) is 24.3 Å². The zero-order valence-electron chi connectivity index (χ0n) is 16.0. The lowest BCUT2D eigenvalue weighted by Gasteiger charge is -2.21. The minimum atomic E-state index is -0.477. The number of hydrogen-bond donors (Lipinski definition) is 0. The third-order valence-electron chi connectivity index (χ3n) is 4.05. The van der Waals surface area contributed by atoms with Gasteiger partial charge >= 0.3 is 5.00 Å². The van der Waals surface area contributed by atoms with E-state index in [9.17, 15) is 14.9 Å². The van der Waals surface area contributed by atoms with E-state index in [2.05, 4.69) is 12.1 Å². The number of nitro groups is 1. The molecule has 0 bridgehead atoms. The van der Waals surface area contributed by atoms with Crippen LogP contribution in [0.1, 0.15) is 20.8 Å². The number of carbonyl (C=O) groups is 1. The molecule has 0 fully saturated rings. The molecule has 0 saturated heterocycles. The molecule has 0 spiro atoms. The fraction of sp³-hybridized carbons (Fsp3) is 0.333. The van der Waals surface area contributed by atoms with Gasteiger partial charge in [0.15, 0.2) is 5.13 Å². The minimum Gasteiger partial charge on any atom is -0.308 e. The highest BCUT2D eigenvalue weighted by Crippen LogP contribution is 2.33. The number of rotatable bonds is 6. The summed E-state index contributed by atoms with van der Waals surface area (Å²) in [5, 5.41) is 11.5. The van der Waals surface area contributed by atoms with Crippen molar-refractivity contribution in [2.75, 3.05) is 32.1 Å². The number of thiazole rings is 1. The Balaban J connectivity index is 0.00000280. The second-order valence-corrected chi connectivity index (χ2v) is 8.65. The molecule has 0 unspecified atom stereocenters. The summed E-state index contributed by atoms with van der Waals surface area (Å²) in [5.74, 6) is -0.261. The fourth-order valence-corrected chi connectivity index (χ4v) is 4.67. The van der Waals surface area contributed by atoms with Gasteiger partial charge in [-0.25, -0.2) is 4.98 Å². The quantitative estimate of drug-likeness (QED) is 0.416. The molecule has 1 amide bonds. The van der Waals surface area contributed by atoms with Crippen LogP contribution >= 0.6 is 35.1 Å². The first-order chi connectivity index (χ1) is 12.8. The smallest absolute Gasteiger partial charge is 0.308 e. The van der Waals surface area contributed by atoms with E-state index in [1.54, 1.807) is 4.90 Å². The Bertz CT molecular complexity index is 1020. The second kappa shape index (κ2) is 8.95. The van der Waals surface area contributed by atoms with E-state index in [0.29, 0.717) is 23.1 Å². The van der Waals surface area contributed by atoms with Crippen molar-refractivity contribution in [1.82, 2.24) is 9.88 Å². The van der Waals surface area contributed by atoms with Crippen LogP contribution in [-0.4, -0.2) is 47.9 Å². The molecule has 0 aliphatic heterocycles. The zero-order chi connectivity index (χ0) is 19.7. The maximum atomic E-state index is 13.1. The van der Waals surface area contributed by atoms with Gasteiger partial charge in [-0.2, -0.15) is 0 Å². The number of nitrogens with zero attached hydrogens (tertiary/aromatic N) is 4. The van der Waals surface area contributed by atoms with Crippen molar-refractivity contribution in [2.45, 2.75) is 13.8 Å². The number of likely N-dealkylation sites (N-methyl/N-ethyl adjacent to an activating group) is 1. The highest BCUT2D eigenvalue weighted by atomic mass is 35.5. The number of carbonyl (C=O) groups excluding carboxylic acids is 1. The predicted molar refractivity (Wildman–Crippen MR) is 118 cm³/mol. The lowest BCUT2D eigenvalue weighted by molar-refractivity contribution is -0.380. The van der Waals surface area contributed by atoms with Gasteiger partial charge in [-0.1, -0.05) is 28.7 Å². The van der Waals surface area contributed by atoms with Gasteiger partial charge in [-0.05, 0) is 51.2 Å². The van der Waals surface area contributed by atoms with Gasteiger partial charge in [0.05, 0.1) is 20.0 Å². The molecule has 3 rings (SSSR count). The van der Waals surface area contributed by atoms with Gasteiger partial charge in [0, 0.05) is 19.2 Å². The molecule has 2 aromatic heterocycles. The molecular formula is C18H21ClN4O3S2. The minimum absolute atomic E-state index is 0. The number of amides is 1. The summed E-state index contributed by atoms with van der Waals surface area (Å²) in [7, 11) is 3.87. The summed E-state index contributed by atoms with van der Waals surface area (Å²) >= 11 is 2.36. The lowest BCUT2D eigenvalue weighted by Crippen LogP contribution is -2.36. The van der Waals surface area contributed by atoms with E-state index in [-0.39, 0.29) is 23.3 Å². The topological polar surface area (TPSA) is 79.6 Å². The number of hydrogen-bond acceptors (Lipinski definition) is 7. The molecule has 0 aliphatic carbocycles. The van der Waals surface area contributed by atoms with Crippen molar-refractivity contribution in [2.24, 2.45) is 0 Å². The number of benzene rings is 1. The Morgan fingerprint density at radius 2 is 1.89 bits per heavy atom. The fourth-order valence-electron chi connectivity index (χ4n) is 2.73. The van der Waals surface area contributed by atoms with E-state index in [4.69, 9.17) is 4.98 Å². The van der Waals surface area contributed by atoms with Gasteiger partial charge in [0.25, 0.3) is 5.91 Å². The van der Waals surface area contributed by atoms with Crippen LogP contribution in [0.5, 0.6) is 0 Å². The standard InChI is InChI=1S/C18H20N4O3S2.ClH/c1-11-9-12(2)16-14(10-11)27-18(19-16)21(8-7-20(3)4)17(23)13-5-6-15(26-13)22(24)25;/h5-6,9-10H,7-8H2,1-4H3;1H. The van der Waals surface area contributed by atoms with E-state index in [1.807, 2.05) is 32.8 Å². The third kappa shape index (κ3) is 4.67. The van der Waals surface area contributed by atoms with Crippen molar-refractivity contribution in [1.29, 1.82) is 0 Å². The van der Waals surface area contributed by atoms with E-state index < -0.39 is 4.92 Å². The molecule has 0 aliphatic rings. The summed E-state index contributed by atoms with van der Waals surface area (Å²) < 4.78 is 1.03. The van der Waals surface area contributed by atoms with Crippen LogP contribution in [0.25, 0.3) is 10.2 Å². The predicted octanol–water partition coefficient (Wildman–Crippen LogP) is 4.51. The number of aryl methyl sites for hydroxylation is 2. The summed E-state index contributed by atoms with van der Waals surface area (Å²) in [4.78, 5) is 32.2. The summed E-state index contributed by atoms with van der Waals surface area (Å²) in [6.07, 6.45) is 0. The molecule has 150 valence electrons. The molecule has 3 aromatic rings. The van der Waals surface area contributed by atoms with E-state index in [0.717, 1.165) is 32.7 Å². The van der Waals surface area contributed by atoms with Crippen LogP contribution in [0.3, 0.4) is 0 Å². The van der Waals surface area contributed by atoms with Crippen LogP contribution < -0.4 is 4.90 Å². The molecule has 10 heteroatoms. The van der Waals surface area contributed by atoms with Crippen LogP contribution in [0.4, 0.5) is 10.1 Å². The molecule has 0 N–H and O–H groups in total. The first-order valence-corrected chi connectivity index (χ1v) is 9.98. The summed E-state index contributed by atoms with van der Waals surface area (Å²) in [6.45, 7) is 5.15. The average Bonchev–Trinajstić information content (AvgIpc) is 3.21. The normalized spacial score (nSPS) is 10.9. The molecule has 1 aromatic carbocycles. The first kappa shape index (κ1) is 22.2. The molecule has 0 radical (unpaired) electrons. The first-order valence-electron chi connectivity index (χ1n) is 8.35. The highest BCUT2D eigenvalue weighted by Gasteiger charge is 2.25. The highest BCUT2D eigenvalue weighted by molar-refractivity contribution is 7.22. The third-order valence-corrected chi connectivity index (χ3v) is 6.10. The number of halogens is 1. The Morgan fingerprint density at radius 1 is 1.18 bits per heavy atom. The van der Waals surface area contributed by atoms with Crippen LogP contribution in [0.2, 0.25) is 0 Å². The maximum absolute atomic E-state index is 13.1. The number of aromatic nitrogens is 1. The SMILES string of the molecule is Cc1cc(C)c2nc(N(CCN(C)C)C(=O)c3ccc([N+](=O)[O-])s3)sc2c1.Cl. The number of anilines is 1. The van der Waals surface area contributed by atoms with Crippen LogP contribution in [-0.2, 0) is 0 Å². The Hall–Kier alpha value is -2.07. The molecule has 0 atom stereocenters. The number of fused-ring (bicyclic) bond motifs is 1. The second-order valence-electron chi connectivity index (χ2n) is 6.58. The Morgan fingerprint density at radius 3 is 2.50 bits per heavy atom. The van der Waals surface area contributed by atoms with Gasteiger partial charge in [0.2, 0.25) is 0 Å². The maximum Gasteiger partial charge on any atom is 0.324 e. The lowest BCUT2D eigenvalue weighted by atomic mass is 10.1. The zero-order valence-corrected chi connectivity index (χ0v) is 18.4. The Labute approximate surface area is 177 Å². The summed E-state index contributed by atoms with van der Waals surface area (Å²) in [6, 6.07) is 7.01. The summed E-state index contributed by atoms with van der Waals surface area (Å²) in [5.41, 5.74) is 3.11. The van der Waals surface area contributed by atoms with Gasteiger partial charge in [0.1, 0.15) is 0 Å². The van der Waals surface area contributed by atoms with E-state index >= 15 is 0 Å². The van der Waals surface area contributed by atoms with Crippen molar-refractivity contribution in [3.05, 3.63) is 50.4 Å². The van der Waals surface area contributed by atoms with Crippen molar-refractivity contribution >= 4 is 61.3 Å². The van der Waals surface area contributed by atoms with Crippen molar-refractivity contribution in [3.8, 4) is 0 Å². The monoisotopic (exact) mass is 440 g/mol. The van der Waals surface area contributed by atoms with Gasteiger partial charge < -0.3 is 4.90 Å². The van der Waals surface area contributed by atoms with Gasteiger partial charge in [-0.3, -0.25) is 19.8 Å². The molecule has 28 heavy (non-hydrogen) atoms. The van der Waals surface area contributed by atoms with Crippen LogP contribution in [0, 0.1) is 24.0 Å². The molecule has 2 heterocycles. The average molecular weight is 441 g/mol. The van der Waals surface area contributed by atoms with Crippen molar-refractivity contribution < 1.29 is 9.72 Å². The number of thiophene rings is 1.